The van der Waals surface area contributed by atoms with Crippen molar-refractivity contribution in [3.8, 4) is 0 Å². The van der Waals surface area contributed by atoms with Crippen LogP contribution in [0.5, 0.6) is 0 Å². The van der Waals surface area contributed by atoms with E-state index in [9.17, 15) is 4.79 Å². The lowest BCUT2D eigenvalue weighted by Gasteiger charge is -2.31. The van der Waals surface area contributed by atoms with E-state index < -0.39 is 0 Å². The van der Waals surface area contributed by atoms with Gasteiger partial charge in [-0.25, -0.2) is 0 Å². The van der Waals surface area contributed by atoms with Crippen molar-refractivity contribution < 1.29 is 4.79 Å². The number of anilines is 1. The van der Waals surface area contributed by atoms with Crippen molar-refractivity contribution in [2.45, 2.75) is 59.9 Å². The number of amides is 1. The number of nitrogens with zero attached hydrogens (tertiary/aromatic N) is 1. The van der Waals surface area contributed by atoms with Gasteiger partial charge in [0.15, 0.2) is 0 Å². The van der Waals surface area contributed by atoms with Crippen LogP contribution < -0.4 is 4.90 Å². The first-order valence-corrected chi connectivity index (χ1v) is 6.93. The second-order valence-corrected chi connectivity index (χ2v) is 4.93. The van der Waals surface area contributed by atoms with E-state index >= 15 is 0 Å². The Bertz CT molecular complexity index is 387. The molecule has 18 heavy (non-hydrogen) atoms. The highest BCUT2D eigenvalue weighted by Crippen LogP contribution is 2.24. The minimum absolute atomic E-state index is 0.216. The zero-order valence-electron chi connectivity index (χ0n) is 12.3. The first-order chi connectivity index (χ1) is 8.53. The number of benzene rings is 1. The number of aryl methyl sites for hydroxylation is 2. The Morgan fingerprint density at radius 2 is 1.56 bits per heavy atom. The van der Waals surface area contributed by atoms with Gasteiger partial charge < -0.3 is 4.90 Å². The van der Waals surface area contributed by atoms with Gasteiger partial charge in [0, 0.05) is 18.2 Å². The van der Waals surface area contributed by atoms with Crippen LogP contribution in [0.15, 0.2) is 18.2 Å². The van der Waals surface area contributed by atoms with Crippen LogP contribution in [0.1, 0.15) is 51.2 Å². The van der Waals surface area contributed by atoms with Crippen molar-refractivity contribution in [3.05, 3.63) is 29.3 Å². The normalized spacial score (nSPS) is 10.8. The SMILES string of the molecule is CCC(=O)N(c1cc(C)cc(C)c1)C(CC)CC. The Hall–Kier alpha value is -1.31. The molecule has 0 atom stereocenters. The fraction of sp³-hybridized carbons (Fsp3) is 0.562. The smallest absolute Gasteiger partial charge is 0.226 e. The molecule has 1 amide bonds. The van der Waals surface area contributed by atoms with Crippen LogP contribution >= 0.6 is 0 Å². The molecule has 0 saturated carbocycles. The van der Waals surface area contributed by atoms with Crippen LogP contribution in [-0.2, 0) is 4.79 Å². The zero-order valence-corrected chi connectivity index (χ0v) is 12.3. The number of carbonyl (C=O) groups is 1. The zero-order chi connectivity index (χ0) is 13.7. The highest BCUT2D eigenvalue weighted by atomic mass is 16.2. The van der Waals surface area contributed by atoms with Gasteiger partial charge in [0.25, 0.3) is 0 Å². The molecule has 0 unspecified atom stereocenters. The summed E-state index contributed by atoms with van der Waals surface area (Å²) in [6, 6.07) is 6.67. The predicted molar refractivity (Wildman–Crippen MR) is 78.1 cm³/mol. The van der Waals surface area contributed by atoms with Gasteiger partial charge in [0.1, 0.15) is 0 Å². The highest BCUT2D eigenvalue weighted by Gasteiger charge is 2.21. The summed E-state index contributed by atoms with van der Waals surface area (Å²) in [5, 5.41) is 0. The van der Waals surface area contributed by atoms with Gasteiger partial charge in [-0.05, 0) is 49.9 Å². The summed E-state index contributed by atoms with van der Waals surface area (Å²) in [6.07, 6.45) is 2.55. The van der Waals surface area contributed by atoms with Gasteiger partial charge in [-0.2, -0.15) is 0 Å². The maximum atomic E-state index is 12.2. The minimum atomic E-state index is 0.216. The quantitative estimate of drug-likeness (QED) is 0.762. The highest BCUT2D eigenvalue weighted by molar-refractivity contribution is 5.93. The summed E-state index contributed by atoms with van der Waals surface area (Å²) < 4.78 is 0. The third kappa shape index (κ3) is 3.34. The number of carbonyl (C=O) groups excluding carboxylic acids is 1. The molecule has 0 aromatic heterocycles. The summed E-state index contributed by atoms with van der Waals surface area (Å²) in [4.78, 5) is 14.2. The number of hydrogen-bond acceptors (Lipinski definition) is 1. The molecule has 1 aromatic carbocycles. The van der Waals surface area contributed by atoms with Crippen LogP contribution in [0, 0.1) is 13.8 Å². The van der Waals surface area contributed by atoms with Crippen molar-refractivity contribution in [3.63, 3.8) is 0 Å². The Balaban J connectivity index is 3.20. The van der Waals surface area contributed by atoms with E-state index in [0.717, 1.165) is 18.5 Å². The third-order valence-corrected chi connectivity index (χ3v) is 3.36. The van der Waals surface area contributed by atoms with Gasteiger partial charge in [-0.1, -0.05) is 26.8 Å². The minimum Gasteiger partial charge on any atom is -0.309 e. The van der Waals surface area contributed by atoms with Crippen LogP contribution in [0.2, 0.25) is 0 Å². The van der Waals surface area contributed by atoms with E-state index in [4.69, 9.17) is 0 Å². The van der Waals surface area contributed by atoms with E-state index in [1.807, 2.05) is 11.8 Å². The van der Waals surface area contributed by atoms with E-state index in [0.29, 0.717) is 12.5 Å². The molecule has 0 fully saturated rings. The lowest BCUT2D eigenvalue weighted by Crippen LogP contribution is -2.39. The molecule has 1 rings (SSSR count). The van der Waals surface area contributed by atoms with Crippen molar-refractivity contribution >= 4 is 11.6 Å². The van der Waals surface area contributed by atoms with Crippen LogP contribution in [0.3, 0.4) is 0 Å². The van der Waals surface area contributed by atoms with Crippen LogP contribution in [0.4, 0.5) is 5.69 Å². The van der Waals surface area contributed by atoms with Crippen LogP contribution in [0.25, 0.3) is 0 Å². The van der Waals surface area contributed by atoms with Crippen molar-refractivity contribution in [2.75, 3.05) is 4.90 Å². The van der Waals surface area contributed by atoms with Gasteiger partial charge >= 0.3 is 0 Å². The third-order valence-electron chi connectivity index (χ3n) is 3.36. The molecule has 2 nitrogen and oxygen atoms in total. The molecule has 0 aliphatic carbocycles. The average Bonchev–Trinajstić information content (AvgIpc) is 2.33. The summed E-state index contributed by atoms with van der Waals surface area (Å²) in [5.41, 5.74) is 3.47. The topological polar surface area (TPSA) is 20.3 Å². The number of hydrogen-bond donors (Lipinski definition) is 0. The summed E-state index contributed by atoms with van der Waals surface area (Å²) in [5.74, 6) is 0.216. The van der Waals surface area contributed by atoms with Gasteiger partial charge in [0.2, 0.25) is 5.91 Å². The molecule has 0 spiro atoms. The van der Waals surface area contributed by atoms with E-state index in [2.05, 4.69) is 45.9 Å². The Labute approximate surface area is 111 Å². The second-order valence-electron chi connectivity index (χ2n) is 4.93. The molecule has 0 N–H and O–H groups in total. The Morgan fingerprint density at radius 3 is 1.94 bits per heavy atom. The molecule has 0 bridgehead atoms. The standard InChI is InChI=1S/C16H25NO/c1-6-14(7-2)17(16(18)8-3)15-10-12(4)9-13(5)11-15/h9-11,14H,6-8H2,1-5H3. The fourth-order valence-electron chi connectivity index (χ4n) is 2.47. The first kappa shape index (κ1) is 14.7. The predicted octanol–water partition coefficient (Wildman–Crippen LogP) is 4.24. The van der Waals surface area contributed by atoms with Crippen molar-refractivity contribution in [2.24, 2.45) is 0 Å². The van der Waals surface area contributed by atoms with Crippen LogP contribution in [-0.4, -0.2) is 11.9 Å². The largest absolute Gasteiger partial charge is 0.309 e. The Kier molecular flexibility index (Phi) is 5.39. The van der Waals surface area contributed by atoms with Gasteiger partial charge in [-0.3, -0.25) is 4.79 Å². The number of rotatable bonds is 5. The summed E-state index contributed by atoms with van der Waals surface area (Å²) >= 11 is 0. The van der Waals surface area contributed by atoms with E-state index in [1.165, 1.54) is 11.1 Å². The fourth-order valence-corrected chi connectivity index (χ4v) is 2.47. The molecular weight excluding hydrogens is 222 g/mol. The van der Waals surface area contributed by atoms with Crippen molar-refractivity contribution in [1.29, 1.82) is 0 Å². The first-order valence-electron chi connectivity index (χ1n) is 6.93. The van der Waals surface area contributed by atoms with Gasteiger partial charge in [0.05, 0.1) is 0 Å². The molecule has 100 valence electrons. The molecule has 0 aliphatic rings. The second kappa shape index (κ2) is 6.58. The monoisotopic (exact) mass is 247 g/mol. The molecule has 0 radical (unpaired) electrons. The van der Waals surface area contributed by atoms with E-state index in [-0.39, 0.29) is 5.91 Å². The van der Waals surface area contributed by atoms with E-state index in [1.54, 1.807) is 0 Å². The summed E-state index contributed by atoms with van der Waals surface area (Å²) in [6.45, 7) is 10.4. The molecule has 2 heteroatoms. The average molecular weight is 247 g/mol. The molecule has 0 heterocycles. The van der Waals surface area contributed by atoms with Crippen molar-refractivity contribution in [1.82, 2.24) is 0 Å². The maximum absolute atomic E-state index is 12.2. The maximum Gasteiger partial charge on any atom is 0.226 e. The molecular formula is C16H25NO. The van der Waals surface area contributed by atoms with Gasteiger partial charge in [-0.15, -0.1) is 0 Å². The Morgan fingerprint density at radius 1 is 1.06 bits per heavy atom. The summed E-state index contributed by atoms with van der Waals surface area (Å²) in [7, 11) is 0. The lowest BCUT2D eigenvalue weighted by atomic mass is 10.1. The molecule has 1 aromatic rings. The molecule has 0 aliphatic heterocycles. The lowest BCUT2D eigenvalue weighted by molar-refractivity contribution is -0.118. The molecule has 0 saturated heterocycles.